The van der Waals surface area contributed by atoms with Crippen molar-refractivity contribution in [1.82, 2.24) is 15.1 Å². The first-order valence-electron chi connectivity index (χ1n) is 6.82. The van der Waals surface area contributed by atoms with Crippen LogP contribution in [0.5, 0.6) is 5.88 Å². The summed E-state index contributed by atoms with van der Waals surface area (Å²) in [7, 11) is 0. The molecule has 0 fully saturated rings. The number of aryl methyl sites for hydroxylation is 1. The summed E-state index contributed by atoms with van der Waals surface area (Å²) in [6.45, 7) is 2.11. The first kappa shape index (κ1) is 14.7. The van der Waals surface area contributed by atoms with E-state index in [2.05, 4.69) is 15.1 Å². The third-order valence-corrected chi connectivity index (χ3v) is 3.19. The molecule has 0 aromatic carbocycles. The van der Waals surface area contributed by atoms with Gasteiger partial charge in [-0.2, -0.15) is 0 Å². The van der Waals surface area contributed by atoms with Gasteiger partial charge in [-0.05, 0) is 25.1 Å². The average Bonchev–Trinajstić information content (AvgIpc) is 3.02. The fourth-order valence-corrected chi connectivity index (χ4v) is 1.95. The zero-order valence-electron chi connectivity index (χ0n) is 12.3. The Kier molecular flexibility index (Phi) is 4.01. The van der Waals surface area contributed by atoms with Crippen molar-refractivity contribution in [2.75, 3.05) is 0 Å². The lowest BCUT2D eigenvalue weighted by Crippen LogP contribution is -2.00. The highest BCUT2D eigenvalue weighted by molar-refractivity contribution is 5.87. The molecule has 0 saturated heterocycles. The molecule has 0 unspecified atom stereocenters. The number of carboxylic acid groups (broad SMARTS) is 1. The maximum absolute atomic E-state index is 10.8. The number of rotatable bonds is 5. The van der Waals surface area contributed by atoms with E-state index in [1.165, 1.54) is 24.6 Å². The molecule has 7 heteroatoms. The van der Waals surface area contributed by atoms with Crippen molar-refractivity contribution < 1.29 is 19.2 Å². The van der Waals surface area contributed by atoms with E-state index in [0.717, 1.165) is 16.8 Å². The zero-order valence-corrected chi connectivity index (χ0v) is 12.3. The Morgan fingerprint density at radius 1 is 1.22 bits per heavy atom. The van der Waals surface area contributed by atoms with Gasteiger partial charge in [0, 0.05) is 29.7 Å². The van der Waals surface area contributed by atoms with Crippen LogP contribution < -0.4 is 4.74 Å². The minimum atomic E-state index is -1.03. The van der Waals surface area contributed by atoms with Gasteiger partial charge in [0.25, 0.3) is 0 Å². The number of aromatic nitrogens is 3. The van der Waals surface area contributed by atoms with Gasteiger partial charge in [0.15, 0.2) is 0 Å². The molecule has 3 aromatic heterocycles. The van der Waals surface area contributed by atoms with Crippen LogP contribution in [0.4, 0.5) is 0 Å². The quantitative estimate of drug-likeness (QED) is 0.773. The van der Waals surface area contributed by atoms with Gasteiger partial charge >= 0.3 is 5.97 Å². The topological polar surface area (TPSA) is 98.3 Å². The Morgan fingerprint density at radius 2 is 2.09 bits per heavy atom. The molecule has 0 bridgehead atoms. The van der Waals surface area contributed by atoms with Gasteiger partial charge in [-0.3, -0.25) is 4.98 Å². The lowest BCUT2D eigenvalue weighted by atomic mass is 10.1. The second-order valence-corrected chi connectivity index (χ2v) is 4.86. The van der Waals surface area contributed by atoms with Gasteiger partial charge in [-0.25, -0.2) is 9.78 Å². The normalized spacial score (nSPS) is 10.5. The largest absolute Gasteiger partial charge is 0.478 e. The number of aromatic carboxylic acids is 1. The summed E-state index contributed by atoms with van der Waals surface area (Å²) in [5, 5.41) is 12.8. The van der Waals surface area contributed by atoms with Gasteiger partial charge in [-0.1, -0.05) is 5.16 Å². The van der Waals surface area contributed by atoms with Crippen molar-refractivity contribution in [3.05, 3.63) is 59.7 Å². The van der Waals surface area contributed by atoms with E-state index >= 15 is 0 Å². The maximum atomic E-state index is 10.8. The SMILES string of the molecule is Cc1ccc(-c2nocc2COc2ccc(C(=O)O)cn2)cn1. The molecule has 0 aliphatic carbocycles. The second-order valence-electron chi connectivity index (χ2n) is 4.86. The molecule has 3 heterocycles. The van der Waals surface area contributed by atoms with Crippen LogP contribution in [0.15, 0.2) is 47.4 Å². The highest BCUT2D eigenvalue weighted by Crippen LogP contribution is 2.22. The Bertz CT molecular complexity index is 810. The molecule has 0 amide bonds. The van der Waals surface area contributed by atoms with Crippen molar-refractivity contribution in [2.24, 2.45) is 0 Å². The number of nitrogens with zero attached hydrogens (tertiary/aromatic N) is 3. The average molecular weight is 311 g/mol. The molecule has 0 saturated carbocycles. The minimum Gasteiger partial charge on any atom is -0.478 e. The summed E-state index contributed by atoms with van der Waals surface area (Å²) in [4.78, 5) is 19.0. The predicted molar refractivity (Wildman–Crippen MR) is 80.0 cm³/mol. The molecular weight excluding hydrogens is 298 g/mol. The summed E-state index contributed by atoms with van der Waals surface area (Å²) >= 11 is 0. The molecule has 0 radical (unpaired) electrons. The van der Waals surface area contributed by atoms with Crippen LogP contribution >= 0.6 is 0 Å². The van der Waals surface area contributed by atoms with Crippen molar-refractivity contribution in [2.45, 2.75) is 13.5 Å². The molecule has 0 atom stereocenters. The molecule has 7 nitrogen and oxygen atoms in total. The van der Waals surface area contributed by atoms with E-state index < -0.39 is 5.97 Å². The highest BCUT2D eigenvalue weighted by atomic mass is 16.5. The molecule has 23 heavy (non-hydrogen) atoms. The van der Waals surface area contributed by atoms with Gasteiger partial charge in [0.05, 0.1) is 11.1 Å². The molecule has 116 valence electrons. The smallest absolute Gasteiger partial charge is 0.337 e. The Morgan fingerprint density at radius 3 is 2.74 bits per heavy atom. The summed E-state index contributed by atoms with van der Waals surface area (Å²) < 4.78 is 10.6. The molecule has 0 aliphatic heterocycles. The number of ether oxygens (including phenoxy) is 1. The summed E-state index contributed by atoms with van der Waals surface area (Å²) in [6.07, 6.45) is 4.47. The van der Waals surface area contributed by atoms with Crippen LogP contribution in [0.2, 0.25) is 0 Å². The Labute approximate surface area is 131 Å². The van der Waals surface area contributed by atoms with Crippen LogP contribution in [0.25, 0.3) is 11.3 Å². The van der Waals surface area contributed by atoms with Crippen molar-refractivity contribution in [3.63, 3.8) is 0 Å². The van der Waals surface area contributed by atoms with Gasteiger partial charge in [0.1, 0.15) is 18.6 Å². The lowest BCUT2D eigenvalue weighted by Gasteiger charge is -2.05. The second kappa shape index (κ2) is 6.27. The van der Waals surface area contributed by atoms with Crippen LogP contribution in [-0.2, 0) is 6.61 Å². The molecule has 0 spiro atoms. The molecule has 0 aliphatic rings. The van der Waals surface area contributed by atoms with Crippen molar-refractivity contribution in [1.29, 1.82) is 0 Å². The zero-order chi connectivity index (χ0) is 16.2. The number of pyridine rings is 2. The first-order chi connectivity index (χ1) is 11.1. The molecule has 3 aromatic rings. The van der Waals surface area contributed by atoms with E-state index in [4.69, 9.17) is 14.4 Å². The predicted octanol–water partition coefficient (Wildman–Crippen LogP) is 2.72. The van der Waals surface area contributed by atoms with Crippen molar-refractivity contribution >= 4 is 5.97 Å². The van der Waals surface area contributed by atoms with Crippen molar-refractivity contribution in [3.8, 4) is 17.1 Å². The monoisotopic (exact) mass is 311 g/mol. The number of hydrogen-bond donors (Lipinski definition) is 1. The lowest BCUT2D eigenvalue weighted by molar-refractivity contribution is 0.0696. The van der Waals surface area contributed by atoms with E-state index in [1.54, 1.807) is 6.20 Å². The third kappa shape index (κ3) is 3.34. The number of carboxylic acids is 1. The molecule has 3 rings (SSSR count). The highest BCUT2D eigenvalue weighted by Gasteiger charge is 2.12. The minimum absolute atomic E-state index is 0.105. The summed E-state index contributed by atoms with van der Waals surface area (Å²) in [6, 6.07) is 6.73. The van der Waals surface area contributed by atoms with Gasteiger partial charge in [-0.15, -0.1) is 0 Å². The fraction of sp³-hybridized carbons (Fsp3) is 0.125. The summed E-state index contributed by atoms with van der Waals surface area (Å²) in [5.74, 6) is -0.707. The standard InChI is InChI=1S/C16H13N3O4/c1-10-2-3-11(6-17-10)15-13(9-23-19-15)8-22-14-5-4-12(7-18-14)16(20)21/h2-7,9H,8H2,1H3,(H,20,21). The Balaban J connectivity index is 1.73. The Hall–Kier alpha value is -3.22. The molecular formula is C16H13N3O4. The van der Waals surface area contributed by atoms with Crippen LogP contribution in [-0.4, -0.2) is 26.2 Å². The van der Waals surface area contributed by atoms with Gasteiger partial charge in [0.2, 0.25) is 5.88 Å². The van der Waals surface area contributed by atoms with Gasteiger partial charge < -0.3 is 14.4 Å². The van der Waals surface area contributed by atoms with Crippen LogP contribution in [0, 0.1) is 6.92 Å². The molecule has 1 N–H and O–H groups in total. The fourth-order valence-electron chi connectivity index (χ4n) is 1.95. The number of carbonyl (C=O) groups is 1. The van der Waals surface area contributed by atoms with E-state index in [1.807, 2.05) is 19.1 Å². The summed E-state index contributed by atoms with van der Waals surface area (Å²) in [5.41, 5.74) is 3.25. The van der Waals surface area contributed by atoms with E-state index in [0.29, 0.717) is 11.6 Å². The number of hydrogen-bond acceptors (Lipinski definition) is 6. The van der Waals surface area contributed by atoms with E-state index in [9.17, 15) is 4.79 Å². The van der Waals surface area contributed by atoms with E-state index in [-0.39, 0.29) is 12.2 Å². The third-order valence-electron chi connectivity index (χ3n) is 3.19. The maximum Gasteiger partial charge on any atom is 0.337 e. The van der Waals surface area contributed by atoms with Crippen LogP contribution in [0.1, 0.15) is 21.6 Å². The van der Waals surface area contributed by atoms with Crippen LogP contribution in [0.3, 0.4) is 0 Å². The first-order valence-corrected chi connectivity index (χ1v) is 6.82.